The minimum atomic E-state index is -3.40. The number of benzene rings is 2. The van der Waals surface area contributed by atoms with Crippen molar-refractivity contribution in [2.75, 3.05) is 20.5 Å². The Labute approximate surface area is 171 Å². The first-order chi connectivity index (χ1) is 13.7. The lowest BCUT2D eigenvalue weighted by Crippen LogP contribution is -2.22. The second-order valence-electron chi connectivity index (χ2n) is 6.09. The topological polar surface area (TPSA) is 104 Å². The molecule has 1 heterocycles. The fourth-order valence-electron chi connectivity index (χ4n) is 2.60. The summed E-state index contributed by atoms with van der Waals surface area (Å²) >= 11 is 1.12. The van der Waals surface area contributed by atoms with Crippen LogP contribution in [0.15, 0.2) is 52.4 Å². The number of fused-ring (bicyclic) bond motifs is 1. The molecule has 152 valence electrons. The zero-order chi connectivity index (χ0) is 21.2. The molecule has 10 heteroatoms. The number of hydrogen-bond acceptors (Lipinski definition) is 7. The number of carbonyl (C=O) groups is 2. The van der Waals surface area contributed by atoms with Gasteiger partial charge in [-0.25, -0.2) is 8.42 Å². The van der Waals surface area contributed by atoms with E-state index in [0.29, 0.717) is 21.5 Å². The highest BCUT2D eigenvalue weighted by Gasteiger charge is 2.15. The van der Waals surface area contributed by atoms with E-state index in [1.54, 1.807) is 30.3 Å². The van der Waals surface area contributed by atoms with Crippen LogP contribution < -0.4 is 9.54 Å². The van der Waals surface area contributed by atoms with E-state index in [1.165, 1.54) is 30.9 Å². The van der Waals surface area contributed by atoms with Crippen molar-refractivity contribution in [2.24, 2.45) is 4.99 Å². The first-order valence-electron chi connectivity index (χ1n) is 8.36. The molecule has 3 aromatic rings. The van der Waals surface area contributed by atoms with Crippen LogP contribution in [0.4, 0.5) is 0 Å². The van der Waals surface area contributed by atoms with Crippen LogP contribution in [0, 0.1) is 0 Å². The maximum absolute atomic E-state index is 12.6. The number of thiazole rings is 1. The Hall–Kier alpha value is -2.98. The van der Waals surface area contributed by atoms with E-state index >= 15 is 0 Å². The van der Waals surface area contributed by atoms with Gasteiger partial charge in [-0.15, -0.1) is 0 Å². The van der Waals surface area contributed by atoms with Crippen molar-refractivity contribution < 1.29 is 27.5 Å². The van der Waals surface area contributed by atoms with E-state index < -0.39 is 21.7 Å². The molecule has 1 aromatic heterocycles. The quantitative estimate of drug-likeness (QED) is 0.569. The molecule has 0 aliphatic rings. The number of aromatic nitrogens is 1. The highest BCUT2D eigenvalue weighted by molar-refractivity contribution is 7.90. The molecule has 0 aliphatic heterocycles. The number of ether oxygens (including phenoxy) is 2. The summed E-state index contributed by atoms with van der Waals surface area (Å²) in [5.41, 5.74) is 0.929. The number of methoxy groups -OCH3 is 2. The Kier molecular flexibility index (Phi) is 5.85. The van der Waals surface area contributed by atoms with Gasteiger partial charge >= 0.3 is 5.97 Å². The summed E-state index contributed by atoms with van der Waals surface area (Å²) < 4.78 is 35.6. The van der Waals surface area contributed by atoms with Crippen LogP contribution in [0.5, 0.6) is 5.75 Å². The third-order valence-corrected chi connectivity index (χ3v) is 6.28. The lowest BCUT2D eigenvalue weighted by molar-refractivity contribution is -0.141. The maximum atomic E-state index is 12.6. The Morgan fingerprint density at radius 2 is 1.79 bits per heavy atom. The Balaban J connectivity index is 2.15. The fraction of sp³-hybridized carbons (Fsp3) is 0.211. The van der Waals surface area contributed by atoms with Crippen LogP contribution in [0.3, 0.4) is 0 Å². The van der Waals surface area contributed by atoms with Crippen LogP contribution in [0.2, 0.25) is 0 Å². The van der Waals surface area contributed by atoms with Gasteiger partial charge < -0.3 is 14.0 Å². The second kappa shape index (κ2) is 8.18. The highest BCUT2D eigenvalue weighted by Crippen LogP contribution is 2.22. The molecular formula is C19H18N2O6S2. The fourth-order valence-corrected chi connectivity index (χ4v) is 4.39. The molecule has 0 bridgehead atoms. The van der Waals surface area contributed by atoms with E-state index in [9.17, 15) is 18.0 Å². The van der Waals surface area contributed by atoms with Crippen LogP contribution in [-0.2, 0) is 25.9 Å². The van der Waals surface area contributed by atoms with Crippen LogP contribution in [-0.4, -0.2) is 45.3 Å². The largest absolute Gasteiger partial charge is 0.497 e. The monoisotopic (exact) mass is 434 g/mol. The predicted molar refractivity (Wildman–Crippen MR) is 108 cm³/mol. The average Bonchev–Trinajstić information content (AvgIpc) is 3.03. The molecule has 0 atom stereocenters. The van der Waals surface area contributed by atoms with Crippen LogP contribution in [0.25, 0.3) is 10.2 Å². The smallest absolute Gasteiger partial charge is 0.325 e. The standard InChI is InChI=1S/C19H18N2O6S2/c1-26-13-6-4-12(5-7-13)18(23)20-19-21(11-17(22)27-2)15-9-8-14(29(3,24)25)10-16(15)28-19/h4-10H,11H2,1-3H3. The van der Waals surface area contributed by atoms with Gasteiger partial charge in [0.05, 0.1) is 29.3 Å². The molecule has 0 radical (unpaired) electrons. The molecule has 0 aliphatic carbocycles. The number of rotatable bonds is 5. The second-order valence-corrected chi connectivity index (χ2v) is 9.12. The molecule has 0 fully saturated rings. The molecule has 8 nitrogen and oxygen atoms in total. The number of hydrogen-bond donors (Lipinski definition) is 0. The van der Waals surface area contributed by atoms with Crippen LogP contribution >= 0.6 is 11.3 Å². The Morgan fingerprint density at radius 3 is 2.38 bits per heavy atom. The molecule has 3 rings (SSSR count). The van der Waals surface area contributed by atoms with Crippen molar-refractivity contribution in [1.29, 1.82) is 0 Å². The summed E-state index contributed by atoms with van der Waals surface area (Å²) in [6.07, 6.45) is 1.11. The van der Waals surface area contributed by atoms with E-state index in [2.05, 4.69) is 4.99 Å². The van der Waals surface area contributed by atoms with Gasteiger partial charge in [0.25, 0.3) is 5.91 Å². The SMILES string of the molecule is COC(=O)Cn1c(=NC(=O)c2ccc(OC)cc2)sc2cc(S(C)(=O)=O)ccc21. The normalized spacial score (nSPS) is 12.2. The number of nitrogens with zero attached hydrogens (tertiary/aromatic N) is 2. The molecule has 0 N–H and O–H groups in total. The number of carbonyl (C=O) groups excluding carboxylic acids is 2. The zero-order valence-corrected chi connectivity index (χ0v) is 17.5. The van der Waals surface area contributed by atoms with E-state index in [-0.39, 0.29) is 16.2 Å². The summed E-state index contributed by atoms with van der Waals surface area (Å²) in [5.74, 6) is -0.408. The zero-order valence-electron chi connectivity index (χ0n) is 15.9. The minimum Gasteiger partial charge on any atom is -0.497 e. The Bertz CT molecular complexity index is 1250. The van der Waals surface area contributed by atoms with Gasteiger partial charge in [-0.1, -0.05) is 11.3 Å². The average molecular weight is 434 g/mol. The summed E-state index contributed by atoms with van der Waals surface area (Å²) in [6.45, 7) is -0.163. The lowest BCUT2D eigenvalue weighted by atomic mass is 10.2. The van der Waals surface area contributed by atoms with Crippen LogP contribution in [0.1, 0.15) is 10.4 Å². The third-order valence-electron chi connectivity index (χ3n) is 4.13. The van der Waals surface area contributed by atoms with Crippen molar-refractivity contribution in [2.45, 2.75) is 11.4 Å². The lowest BCUT2D eigenvalue weighted by Gasteiger charge is -2.04. The van der Waals surface area contributed by atoms with E-state index in [4.69, 9.17) is 9.47 Å². The maximum Gasteiger partial charge on any atom is 0.325 e. The van der Waals surface area contributed by atoms with Gasteiger partial charge in [-0.2, -0.15) is 4.99 Å². The summed E-state index contributed by atoms with van der Waals surface area (Å²) in [6, 6.07) is 11.0. The van der Waals surface area contributed by atoms with Gasteiger partial charge in [0, 0.05) is 11.8 Å². The summed E-state index contributed by atoms with van der Waals surface area (Å²) in [7, 11) is -0.613. The number of sulfone groups is 1. The van der Waals surface area contributed by atoms with Crippen molar-refractivity contribution in [3.63, 3.8) is 0 Å². The molecule has 0 spiro atoms. The van der Waals surface area contributed by atoms with E-state index in [0.717, 1.165) is 17.6 Å². The van der Waals surface area contributed by atoms with Gasteiger partial charge in [0.2, 0.25) is 0 Å². The Morgan fingerprint density at radius 1 is 1.10 bits per heavy atom. The van der Waals surface area contributed by atoms with Gasteiger partial charge in [0.15, 0.2) is 14.6 Å². The molecule has 0 saturated carbocycles. The predicted octanol–water partition coefficient (Wildman–Crippen LogP) is 2.03. The van der Waals surface area contributed by atoms with Crippen molar-refractivity contribution in [1.82, 2.24) is 4.57 Å². The van der Waals surface area contributed by atoms with Gasteiger partial charge in [-0.05, 0) is 42.5 Å². The molecule has 0 unspecified atom stereocenters. The molecule has 29 heavy (non-hydrogen) atoms. The molecule has 2 aromatic carbocycles. The highest BCUT2D eigenvalue weighted by atomic mass is 32.2. The van der Waals surface area contributed by atoms with Gasteiger partial charge in [-0.3, -0.25) is 9.59 Å². The molecule has 0 saturated heterocycles. The number of amides is 1. The first-order valence-corrected chi connectivity index (χ1v) is 11.1. The minimum absolute atomic E-state index is 0.143. The third kappa shape index (κ3) is 4.54. The molecule has 1 amide bonds. The van der Waals surface area contributed by atoms with E-state index in [1.807, 2.05) is 0 Å². The first kappa shape index (κ1) is 20.7. The number of esters is 1. The van der Waals surface area contributed by atoms with Gasteiger partial charge in [0.1, 0.15) is 12.3 Å². The molecular weight excluding hydrogens is 416 g/mol. The van der Waals surface area contributed by atoms with Crippen molar-refractivity contribution in [3.05, 3.63) is 52.8 Å². The van der Waals surface area contributed by atoms with Crippen molar-refractivity contribution >= 4 is 43.3 Å². The van der Waals surface area contributed by atoms with Crippen molar-refractivity contribution in [3.8, 4) is 5.75 Å². The summed E-state index contributed by atoms with van der Waals surface area (Å²) in [5, 5.41) is 0. The summed E-state index contributed by atoms with van der Waals surface area (Å²) in [4.78, 5) is 29.0.